The largest absolute Gasteiger partial charge is 0.355 e. The highest BCUT2D eigenvalue weighted by atomic mass is 32.2. The molecule has 0 spiro atoms. The number of nitrogens with one attached hydrogen (secondary N) is 3. The summed E-state index contributed by atoms with van der Waals surface area (Å²) in [6, 6.07) is 13.3. The molecule has 138 valence electrons. The van der Waals surface area contributed by atoms with Gasteiger partial charge in [-0.25, -0.2) is 8.42 Å². The van der Waals surface area contributed by atoms with Crippen LogP contribution in [0.3, 0.4) is 0 Å². The Bertz CT molecular complexity index is 865. The molecule has 2 aromatic rings. The summed E-state index contributed by atoms with van der Waals surface area (Å²) in [5.41, 5.74) is 0.713. The number of carbonyl (C=O) groups is 2. The third-order valence-electron chi connectivity index (χ3n) is 3.54. The van der Waals surface area contributed by atoms with E-state index in [2.05, 4.69) is 15.4 Å². The van der Waals surface area contributed by atoms with Gasteiger partial charge in [0, 0.05) is 17.8 Å². The first kappa shape index (κ1) is 19.5. The van der Waals surface area contributed by atoms with Crippen molar-refractivity contribution in [2.24, 2.45) is 0 Å². The van der Waals surface area contributed by atoms with Crippen LogP contribution >= 0.6 is 0 Å². The number of benzene rings is 2. The number of likely N-dealkylation sites (N-methyl/N-ethyl adjacent to an activating group) is 1. The minimum Gasteiger partial charge on any atom is -0.355 e. The summed E-state index contributed by atoms with van der Waals surface area (Å²) in [5, 5.41) is 5.18. The van der Waals surface area contributed by atoms with Crippen LogP contribution in [-0.4, -0.2) is 32.8 Å². The van der Waals surface area contributed by atoms with Gasteiger partial charge in [0.15, 0.2) is 0 Å². The lowest BCUT2D eigenvalue weighted by Gasteiger charge is -2.13. The Morgan fingerprint density at radius 2 is 1.62 bits per heavy atom. The van der Waals surface area contributed by atoms with E-state index in [0.717, 1.165) is 0 Å². The number of hydrogen-bond acceptors (Lipinski definition) is 4. The fourth-order valence-electron chi connectivity index (χ4n) is 2.18. The molecule has 7 nitrogen and oxygen atoms in total. The zero-order chi connectivity index (χ0) is 19.2. The first-order chi connectivity index (χ1) is 12.3. The maximum atomic E-state index is 12.4. The molecular weight excluding hydrogens is 354 g/mol. The quantitative estimate of drug-likeness (QED) is 0.686. The average molecular weight is 375 g/mol. The Labute approximate surface area is 152 Å². The van der Waals surface area contributed by atoms with Gasteiger partial charge >= 0.3 is 0 Å². The second-order valence-electron chi connectivity index (χ2n) is 5.59. The lowest BCUT2D eigenvalue weighted by Crippen LogP contribution is -2.44. The van der Waals surface area contributed by atoms with E-state index in [0.29, 0.717) is 12.2 Å². The highest BCUT2D eigenvalue weighted by molar-refractivity contribution is 7.92. The Balaban J connectivity index is 2.07. The minimum atomic E-state index is -3.75. The molecule has 1 atom stereocenters. The second-order valence-corrected chi connectivity index (χ2v) is 7.27. The second kappa shape index (κ2) is 8.48. The van der Waals surface area contributed by atoms with Crippen LogP contribution in [-0.2, 0) is 14.8 Å². The van der Waals surface area contributed by atoms with Crippen molar-refractivity contribution in [3.05, 3.63) is 60.2 Å². The van der Waals surface area contributed by atoms with Crippen LogP contribution in [0.25, 0.3) is 0 Å². The Morgan fingerprint density at radius 1 is 1.00 bits per heavy atom. The van der Waals surface area contributed by atoms with Gasteiger partial charge in [0.05, 0.1) is 4.90 Å². The van der Waals surface area contributed by atoms with Gasteiger partial charge in [0.1, 0.15) is 6.04 Å². The van der Waals surface area contributed by atoms with E-state index < -0.39 is 22.0 Å². The predicted octanol–water partition coefficient (Wildman–Crippen LogP) is 1.74. The Hall–Kier alpha value is -2.87. The van der Waals surface area contributed by atoms with Gasteiger partial charge in [-0.2, -0.15) is 0 Å². The normalized spacial score (nSPS) is 12.1. The molecular formula is C18H21N3O4S. The number of hydrogen-bond donors (Lipinski definition) is 3. The van der Waals surface area contributed by atoms with Crippen molar-refractivity contribution in [2.75, 3.05) is 11.3 Å². The highest BCUT2D eigenvalue weighted by Crippen LogP contribution is 2.16. The molecule has 0 saturated heterocycles. The Morgan fingerprint density at radius 3 is 2.19 bits per heavy atom. The van der Waals surface area contributed by atoms with E-state index in [1.165, 1.54) is 24.3 Å². The van der Waals surface area contributed by atoms with Gasteiger partial charge in [-0.05, 0) is 50.2 Å². The zero-order valence-corrected chi connectivity index (χ0v) is 15.3. The molecule has 3 N–H and O–H groups in total. The van der Waals surface area contributed by atoms with E-state index in [-0.39, 0.29) is 16.4 Å². The van der Waals surface area contributed by atoms with Gasteiger partial charge in [0.2, 0.25) is 5.91 Å². The summed E-state index contributed by atoms with van der Waals surface area (Å²) in [5.74, 6) is -0.740. The van der Waals surface area contributed by atoms with Gasteiger partial charge in [-0.15, -0.1) is 0 Å². The maximum Gasteiger partial charge on any atom is 0.261 e. The number of amides is 2. The smallest absolute Gasteiger partial charge is 0.261 e. The van der Waals surface area contributed by atoms with E-state index in [4.69, 9.17) is 0 Å². The zero-order valence-electron chi connectivity index (χ0n) is 14.5. The molecule has 8 heteroatoms. The first-order valence-corrected chi connectivity index (χ1v) is 9.58. The van der Waals surface area contributed by atoms with E-state index in [1.54, 1.807) is 44.2 Å². The summed E-state index contributed by atoms with van der Waals surface area (Å²) in [7, 11) is -3.75. The monoisotopic (exact) mass is 375 g/mol. The topological polar surface area (TPSA) is 104 Å². The molecule has 0 saturated carbocycles. The summed E-state index contributed by atoms with van der Waals surface area (Å²) in [4.78, 5) is 23.9. The molecule has 0 aliphatic heterocycles. The van der Waals surface area contributed by atoms with Crippen molar-refractivity contribution in [3.63, 3.8) is 0 Å². The summed E-state index contributed by atoms with van der Waals surface area (Å²) in [6.07, 6.45) is 0. The summed E-state index contributed by atoms with van der Waals surface area (Å²) in [6.45, 7) is 3.83. The molecule has 26 heavy (non-hydrogen) atoms. The van der Waals surface area contributed by atoms with Crippen molar-refractivity contribution < 1.29 is 18.0 Å². The molecule has 0 aliphatic rings. The average Bonchev–Trinajstić information content (AvgIpc) is 2.62. The molecule has 0 bridgehead atoms. The molecule has 0 unspecified atom stereocenters. The van der Waals surface area contributed by atoms with Crippen molar-refractivity contribution in [3.8, 4) is 0 Å². The minimum absolute atomic E-state index is 0.0367. The fraction of sp³-hybridized carbons (Fsp3) is 0.222. The number of carbonyl (C=O) groups excluding carboxylic acids is 2. The molecule has 0 radical (unpaired) electrons. The number of para-hydroxylation sites is 1. The van der Waals surface area contributed by atoms with E-state index in [9.17, 15) is 18.0 Å². The van der Waals surface area contributed by atoms with Crippen molar-refractivity contribution in [2.45, 2.75) is 24.8 Å². The van der Waals surface area contributed by atoms with Crippen LogP contribution < -0.4 is 15.4 Å². The van der Waals surface area contributed by atoms with Crippen molar-refractivity contribution >= 4 is 27.5 Å². The Kier molecular flexibility index (Phi) is 6.35. The lowest BCUT2D eigenvalue weighted by molar-refractivity contribution is -0.122. The van der Waals surface area contributed by atoms with Crippen LogP contribution in [0, 0.1) is 0 Å². The molecule has 0 fully saturated rings. The molecule has 0 heterocycles. The third kappa shape index (κ3) is 5.06. The van der Waals surface area contributed by atoms with Gasteiger partial charge in [-0.3, -0.25) is 14.3 Å². The van der Waals surface area contributed by atoms with Crippen LogP contribution in [0.1, 0.15) is 24.2 Å². The molecule has 0 aliphatic carbocycles. The maximum absolute atomic E-state index is 12.4. The van der Waals surface area contributed by atoms with Crippen LogP contribution in [0.2, 0.25) is 0 Å². The first-order valence-electron chi connectivity index (χ1n) is 8.10. The summed E-state index contributed by atoms with van der Waals surface area (Å²) < 4.78 is 27.2. The van der Waals surface area contributed by atoms with Crippen LogP contribution in [0.5, 0.6) is 0 Å². The summed E-state index contributed by atoms with van der Waals surface area (Å²) >= 11 is 0. The van der Waals surface area contributed by atoms with Gasteiger partial charge in [0.25, 0.3) is 15.9 Å². The van der Waals surface area contributed by atoms with E-state index in [1.807, 2.05) is 0 Å². The number of anilines is 1. The van der Waals surface area contributed by atoms with Crippen molar-refractivity contribution in [1.29, 1.82) is 0 Å². The van der Waals surface area contributed by atoms with E-state index >= 15 is 0 Å². The fourth-order valence-corrected chi connectivity index (χ4v) is 3.24. The van der Waals surface area contributed by atoms with Crippen LogP contribution in [0.15, 0.2) is 59.5 Å². The number of rotatable bonds is 7. The standard InChI is InChI=1S/C18H21N3O4S/c1-3-19-17(22)13(2)20-18(23)14-9-11-16(12-10-14)26(24,25)21-15-7-5-4-6-8-15/h4-13,21H,3H2,1-2H3,(H,19,22)(H,20,23)/t13-/m0/s1. The number of sulfonamides is 1. The highest BCUT2D eigenvalue weighted by Gasteiger charge is 2.18. The lowest BCUT2D eigenvalue weighted by atomic mass is 10.2. The predicted molar refractivity (Wildman–Crippen MR) is 99.3 cm³/mol. The van der Waals surface area contributed by atoms with Gasteiger partial charge in [-0.1, -0.05) is 18.2 Å². The molecule has 2 aromatic carbocycles. The third-order valence-corrected chi connectivity index (χ3v) is 4.94. The molecule has 2 rings (SSSR count). The SMILES string of the molecule is CCNC(=O)[C@H](C)NC(=O)c1ccc(S(=O)(=O)Nc2ccccc2)cc1. The molecule has 0 aromatic heterocycles. The van der Waals surface area contributed by atoms with Crippen molar-refractivity contribution in [1.82, 2.24) is 10.6 Å². The van der Waals surface area contributed by atoms with Gasteiger partial charge < -0.3 is 10.6 Å². The van der Waals surface area contributed by atoms with Crippen LogP contribution in [0.4, 0.5) is 5.69 Å². The molecule has 2 amide bonds.